The molecule has 0 amide bonds. The van der Waals surface area contributed by atoms with Crippen molar-refractivity contribution in [3.8, 4) is 17.2 Å². The maximum absolute atomic E-state index is 12.3. The van der Waals surface area contributed by atoms with E-state index in [2.05, 4.69) is 4.74 Å². The standard InChI is InChI=1S/C17H20F3NO6S/c1-16(2,12(21)14(22)27-15(23)17(18,19)20)13(28)11-9(25-4)6-8(24-3)7-10(11)26-5/h6-7,12H,21H2,1-5H3/t12-/m0/s1. The summed E-state index contributed by atoms with van der Waals surface area (Å²) in [7, 11) is 4.16. The van der Waals surface area contributed by atoms with Crippen LogP contribution in [0.2, 0.25) is 0 Å². The van der Waals surface area contributed by atoms with Crippen molar-refractivity contribution in [2.75, 3.05) is 21.3 Å². The van der Waals surface area contributed by atoms with Crippen molar-refractivity contribution < 1.29 is 41.7 Å². The van der Waals surface area contributed by atoms with Crippen LogP contribution < -0.4 is 19.9 Å². The summed E-state index contributed by atoms with van der Waals surface area (Å²) in [6.45, 7) is 2.84. The fraction of sp³-hybridized carbons (Fsp3) is 0.471. The van der Waals surface area contributed by atoms with Crippen LogP contribution in [0.5, 0.6) is 17.2 Å². The number of methoxy groups -OCH3 is 3. The van der Waals surface area contributed by atoms with Gasteiger partial charge in [-0.1, -0.05) is 26.1 Å². The minimum atomic E-state index is -5.33. The van der Waals surface area contributed by atoms with E-state index in [9.17, 15) is 22.8 Å². The monoisotopic (exact) mass is 423 g/mol. The predicted molar refractivity (Wildman–Crippen MR) is 96.7 cm³/mol. The van der Waals surface area contributed by atoms with Crippen LogP contribution in [0.1, 0.15) is 19.4 Å². The average molecular weight is 423 g/mol. The average Bonchev–Trinajstić information content (AvgIpc) is 2.64. The van der Waals surface area contributed by atoms with Crippen LogP contribution in [0.25, 0.3) is 0 Å². The van der Waals surface area contributed by atoms with Crippen molar-refractivity contribution in [3.05, 3.63) is 17.7 Å². The highest BCUT2D eigenvalue weighted by Crippen LogP contribution is 2.40. The Kier molecular flexibility index (Phi) is 7.38. The van der Waals surface area contributed by atoms with Gasteiger partial charge in [-0.3, -0.25) is 0 Å². The van der Waals surface area contributed by atoms with Crippen molar-refractivity contribution in [2.24, 2.45) is 11.1 Å². The molecule has 0 aliphatic rings. The zero-order valence-electron chi connectivity index (χ0n) is 15.8. The molecule has 0 saturated heterocycles. The zero-order valence-corrected chi connectivity index (χ0v) is 16.6. The number of carbonyl (C=O) groups excluding carboxylic acids is 2. The Hall–Kier alpha value is -2.40. The van der Waals surface area contributed by atoms with Crippen LogP contribution in [-0.4, -0.2) is 50.4 Å². The maximum Gasteiger partial charge on any atom is 0.491 e. The number of rotatable bonds is 7. The number of carbonyl (C=O) groups is 2. The lowest BCUT2D eigenvalue weighted by molar-refractivity contribution is -0.202. The summed E-state index contributed by atoms with van der Waals surface area (Å²) in [5.41, 5.74) is 4.63. The summed E-state index contributed by atoms with van der Waals surface area (Å²) in [6, 6.07) is 1.34. The first-order chi connectivity index (χ1) is 12.8. The number of hydrogen-bond acceptors (Lipinski definition) is 8. The molecule has 7 nitrogen and oxygen atoms in total. The smallest absolute Gasteiger partial charge is 0.491 e. The van der Waals surface area contributed by atoms with Gasteiger partial charge in [0.15, 0.2) is 0 Å². The summed E-state index contributed by atoms with van der Waals surface area (Å²) in [6.07, 6.45) is -5.33. The van der Waals surface area contributed by atoms with Crippen LogP contribution in [0.3, 0.4) is 0 Å². The highest BCUT2D eigenvalue weighted by molar-refractivity contribution is 7.81. The van der Waals surface area contributed by atoms with Crippen LogP contribution in [0.4, 0.5) is 13.2 Å². The molecular weight excluding hydrogens is 403 g/mol. The molecule has 0 heterocycles. The predicted octanol–water partition coefficient (Wildman–Crippen LogP) is 2.42. The summed E-state index contributed by atoms with van der Waals surface area (Å²) in [4.78, 5) is 22.9. The van der Waals surface area contributed by atoms with E-state index in [0.717, 1.165) is 0 Å². The quantitative estimate of drug-likeness (QED) is 0.309. The number of nitrogens with two attached hydrogens (primary N) is 1. The van der Waals surface area contributed by atoms with Gasteiger partial charge in [-0.25, -0.2) is 9.59 Å². The first kappa shape index (κ1) is 23.6. The molecule has 1 rings (SSSR count). The maximum atomic E-state index is 12.3. The van der Waals surface area contributed by atoms with E-state index in [1.54, 1.807) is 0 Å². The third-order valence-corrected chi connectivity index (χ3v) is 4.71. The molecule has 156 valence electrons. The molecule has 0 radical (unpaired) electrons. The summed E-state index contributed by atoms with van der Waals surface area (Å²) >= 11 is 5.43. The molecule has 1 aromatic rings. The molecule has 0 spiro atoms. The van der Waals surface area contributed by atoms with Crippen molar-refractivity contribution in [2.45, 2.75) is 26.1 Å². The van der Waals surface area contributed by atoms with Gasteiger partial charge in [-0.05, 0) is 0 Å². The zero-order chi connectivity index (χ0) is 21.9. The van der Waals surface area contributed by atoms with E-state index in [4.69, 9.17) is 32.2 Å². The molecule has 1 aromatic carbocycles. The third kappa shape index (κ3) is 4.90. The Morgan fingerprint density at radius 3 is 1.86 bits per heavy atom. The number of esters is 2. The van der Waals surface area contributed by atoms with Gasteiger partial charge in [0.05, 0.1) is 26.9 Å². The van der Waals surface area contributed by atoms with Crippen LogP contribution in [-0.2, 0) is 14.3 Å². The SMILES string of the molecule is COc1cc(OC)c(C(=S)C(C)(C)[C@@H](N)C(=O)OC(=O)C(F)(F)F)c(OC)c1. The minimum Gasteiger partial charge on any atom is -0.496 e. The van der Waals surface area contributed by atoms with Crippen molar-refractivity contribution in [1.29, 1.82) is 0 Å². The highest BCUT2D eigenvalue weighted by Gasteiger charge is 2.46. The van der Waals surface area contributed by atoms with Crippen LogP contribution in [0, 0.1) is 5.41 Å². The number of alkyl halides is 3. The molecule has 0 aromatic heterocycles. The molecule has 0 saturated carbocycles. The normalized spacial score (nSPS) is 12.8. The van der Waals surface area contributed by atoms with Crippen LogP contribution in [0.15, 0.2) is 12.1 Å². The molecule has 0 fully saturated rings. The Morgan fingerprint density at radius 2 is 1.50 bits per heavy atom. The molecule has 11 heteroatoms. The molecule has 0 bridgehead atoms. The largest absolute Gasteiger partial charge is 0.496 e. The van der Waals surface area contributed by atoms with Gasteiger partial charge in [-0.15, -0.1) is 0 Å². The van der Waals surface area contributed by atoms with Crippen molar-refractivity contribution in [3.63, 3.8) is 0 Å². The second-order valence-electron chi connectivity index (χ2n) is 6.14. The topological polar surface area (TPSA) is 97.1 Å². The van der Waals surface area contributed by atoms with Gasteiger partial charge in [-0.2, -0.15) is 13.2 Å². The number of benzene rings is 1. The van der Waals surface area contributed by atoms with Gasteiger partial charge >= 0.3 is 18.1 Å². The molecule has 1 atom stereocenters. The summed E-state index contributed by atoms with van der Waals surface area (Å²) in [5.74, 6) is -3.35. The molecule has 0 aliphatic heterocycles. The van der Waals surface area contributed by atoms with Gasteiger partial charge in [0.2, 0.25) is 0 Å². The highest BCUT2D eigenvalue weighted by atomic mass is 32.1. The lowest BCUT2D eigenvalue weighted by Gasteiger charge is -2.32. The van der Waals surface area contributed by atoms with Gasteiger partial charge in [0.1, 0.15) is 23.3 Å². The van der Waals surface area contributed by atoms with E-state index >= 15 is 0 Å². The Balaban J connectivity index is 3.29. The number of hydrogen-bond donors (Lipinski definition) is 1. The van der Waals surface area contributed by atoms with Gasteiger partial charge in [0, 0.05) is 22.4 Å². The van der Waals surface area contributed by atoms with E-state index in [-0.39, 0.29) is 21.9 Å². The lowest BCUT2D eigenvalue weighted by atomic mass is 9.78. The molecule has 2 N–H and O–H groups in total. The second kappa shape index (κ2) is 8.74. The first-order valence-electron chi connectivity index (χ1n) is 7.74. The van der Waals surface area contributed by atoms with Gasteiger partial charge < -0.3 is 24.7 Å². The van der Waals surface area contributed by atoms with Crippen molar-refractivity contribution >= 4 is 29.0 Å². The number of halogens is 3. The third-order valence-electron chi connectivity index (χ3n) is 3.98. The second-order valence-corrected chi connectivity index (χ2v) is 6.55. The first-order valence-corrected chi connectivity index (χ1v) is 8.15. The van der Waals surface area contributed by atoms with Gasteiger partial charge in [0.25, 0.3) is 0 Å². The molecular formula is C17H20F3NO6S. The van der Waals surface area contributed by atoms with E-state index < -0.39 is 29.6 Å². The minimum absolute atomic E-state index is 0.0489. The van der Waals surface area contributed by atoms with Crippen molar-refractivity contribution in [1.82, 2.24) is 0 Å². The lowest BCUT2D eigenvalue weighted by Crippen LogP contribution is -2.50. The Bertz CT molecular complexity index is 754. The molecule has 0 unspecified atom stereocenters. The molecule has 28 heavy (non-hydrogen) atoms. The molecule has 0 aliphatic carbocycles. The fourth-order valence-corrected chi connectivity index (χ4v) is 2.53. The Morgan fingerprint density at radius 1 is 1.04 bits per heavy atom. The van der Waals surface area contributed by atoms with E-state index in [1.165, 1.54) is 47.3 Å². The summed E-state index contributed by atoms with van der Waals surface area (Å²) in [5, 5.41) is 0. The summed E-state index contributed by atoms with van der Waals surface area (Å²) < 4.78 is 56.5. The number of ether oxygens (including phenoxy) is 4. The number of thiocarbonyl (C=S) groups is 1. The van der Waals surface area contributed by atoms with E-state index in [0.29, 0.717) is 5.75 Å². The fourth-order valence-electron chi connectivity index (χ4n) is 2.20. The van der Waals surface area contributed by atoms with Crippen LogP contribution >= 0.6 is 12.2 Å². The van der Waals surface area contributed by atoms with E-state index in [1.807, 2.05) is 0 Å². The Labute approximate surface area is 164 Å².